The van der Waals surface area contributed by atoms with Crippen molar-refractivity contribution >= 4 is 40.8 Å². The summed E-state index contributed by atoms with van der Waals surface area (Å²) in [5.74, 6) is -0.530. The highest BCUT2D eigenvalue weighted by Crippen LogP contribution is 2.36. The van der Waals surface area contributed by atoms with Crippen LogP contribution in [0.25, 0.3) is 0 Å². The van der Waals surface area contributed by atoms with Crippen LogP contribution < -0.4 is 14.8 Å². The number of benzene rings is 1. The zero-order valence-electron chi connectivity index (χ0n) is 14.9. The highest BCUT2D eigenvalue weighted by molar-refractivity contribution is 6.32. The van der Waals surface area contributed by atoms with Gasteiger partial charge in [-0.05, 0) is 24.6 Å². The number of nitrogens with zero attached hydrogens (tertiary/aromatic N) is 1. The Bertz CT molecular complexity index is 844. The van der Waals surface area contributed by atoms with Gasteiger partial charge in [-0.3, -0.25) is 4.79 Å². The number of halogens is 2. The lowest BCUT2D eigenvalue weighted by molar-refractivity contribution is -0.124. The lowest BCUT2D eigenvalue weighted by atomic mass is 10.2. The molecule has 1 aromatic heterocycles. The molecule has 144 valence electrons. The summed E-state index contributed by atoms with van der Waals surface area (Å²) in [6, 6.07) is 6.05. The summed E-state index contributed by atoms with van der Waals surface area (Å²) in [7, 11) is 2.91. The first-order chi connectivity index (χ1) is 12.9. The number of hydrogen-bond acceptors (Lipinski definition) is 6. The van der Waals surface area contributed by atoms with Gasteiger partial charge in [0.05, 0.1) is 30.5 Å². The smallest absolute Gasteiger partial charge is 0.342 e. The summed E-state index contributed by atoms with van der Waals surface area (Å²) < 4.78 is 15.6. The van der Waals surface area contributed by atoms with Gasteiger partial charge in [0, 0.05) is 12.3 Å². The molecule has 0 spiro atoms. The van der Waals surface area contributed by atoms with Crippen LogP contribution >= 0.6 is 23.2 Å². The van der Waals surface area contributed by atoms with Crippen LogP contribution in [0.3, 0.4) is 0 Å². The fourth-order valence-corrected chi connectivity index (χ4v) is 2.66. The third-order valence-electron chi connectivity index (χ3n) is 3.62. The molecule has 1 N–H and O–H groups in total. The first kappa shape index (κ1) is 20.8. The predicted octanol–water partition coefficient (Wildman–Crippen LogP) is 3.98. The fraction of sp³-hybridized carbons (Fsp3) is 0.278. The van der Waals surface area contributed by atoms with Crippen molar-refractivity contribution in [3.05, 3.63) is 46.2 Å². The molecule has 0 fully saturated rings. The molecule has 1 atom stereocenters. The van der Waals surface area contributed by atoms with Gasteiger partial charge in [0.15, 0.2) is 6.10 Å². The van der Waals surface area contributed by atoms with Gasteiger partial charge in [0.1, 0.15) is 16.7 Å². The number of amides is 1. The van der Waals surface area contributed by atoms with Crippen molar-refractivity contribution in [1.82, 2.24) is 4.98 Å². The minimum Gasteiger partial charge on any atom is -0.495 e. The van der Waals surface area contributed by atoms with E-state index in [2.05, 4.69) is 10.3 Å². The highest BCUT2D eigenvalue weighted by atomic mass is 35.5. The molecule has 1 amide bonds. The number of ether oxygens (including phenoxy) is 3. The number of pyridine rings is 1. The Hall–Kier alpha value is -2.51. The third-order valence-corrected chi connectivity index (χ3v) is 4.22. The van der Waals surface area contributed by atoms with Gasteiger partial charge in [-0.15, -0.1) is 0 Å². The summed E-state index contributed by atoms with van der Waals surface area (Å²) in [5.41, 5.74) is 0.401. The van der Waals surface area contributed by atoms with Crippen molar-refractivity contribution in [2.24, 2.45) is 0 Å². The lowest BCUT2D eigenvalue weighted by Gasteiger charge is -2.18. The fourth-order valence-electron chi connectivity index (χ4n) is 2.22. The van der Waals surface area contributed by atoms with Gasteiger partial charge in [-0.25, -0.2) is 9.78 Å². The topological polar surface area (TPSA) is 86.8 Å². The molecule has 1 aromatic carbocycles. The molecule has 0 aliphatic rings. The lowest BCUT2D eigenvalue weighted by Crippen LogP contribution is -2.32. The zero-order chi connectivity index (χ0) is 20.0. The number of carbonyl (C=O) groups is 2. The predicted molar refractivity (Wildman–Crippen MR) is 102 cm³/mol. The molecule has 1 heterocycles. The molecule has 27 heavy (non-hydrogen) atoms. The minimum absolute atomic E-state index is 0.00127. The van der Waals surface area contributed by atoms with E-state index in [1.807, 2.05) is 0 Å². The normalized spacial score (nSPS) is 11.4. The van der Waals surface area contributed by atoms with E-state index >= 15 is 0 Å². The van der Waals surface area contributed by atoms with Crippen LogP contribution in [0.1, 0.15) is 23.7 Å². The second-order valence-electron chi connectivity index (χ2n) is 5.32. The van der Waals surface area contributed by atoms with Crippen molar-refractivity contribution in [2.75, 3.05) is 19.5 Å². The summed E-state index contributed by atoms with van der Waals surface area (Å²) in [6.45, 7) is 1.71. The molecular formula is C18H18Cl2N2O5. The Kier molecular flexibility index (Phi) is 7.27. The average molecular weight is 413 g/mol. The van der Waals surface area contributed by atoms with Crippen molar-refractivity contribution in [3.63, 3.8) is 0 Å². The van der Waals surface area contributed by atoms with Crippen LogP contribution in [0.15, 0.2) is 30.5 Å². The Morgan fingerprint density at radius 2 is 1.89 bits per heavy atom. The van der Waals surface area contributed by atoms with Crippen LogP contribution in [0.2, 0.25) is 10.2 Å². The standard InChI is InChI=1S/C18H18Cl2N2O5/c1-4-13(27-18(24)10-6-5-7-21-16(10)20)17(23)22-12-8-11(19)14(25-2)9-15(12)26-3/h5-9,13H,4H2,1-3H3,(H,22,23). The van der Waals surface area contributed by atoms with E-state index in [0.717, 1.165) is 0 Å². The summed E-state index contributed by atoms with van der Waals surface area (Å²) in [5, 5.41) is 2.94. The second kappa shape index (κ2) is 9.43. The van der Waals surface area contributed by atoms with Crippen LogP contribution in [-0.2, 0) is 9.53 Å². The maximum Gasteiger partial charge on any atom is 0.342 e. The number of rotatable bonds is 7. The first-order valence-corrected chi connectivity index (χ1v) is 8.70. The summed E-state index contributed by atoms with van der Waals surface area (Å²) in [6.07, 6.45) is 0.657. The number of methoxy groups -OCH3 is 2. The van der Waals surface area contributed by atoms with Gasteiger partial charge in [-0.1, -0.05) is 30.1 Å². The van der Waals surface area contributed by atoms with Gasteiger partial charge < -0.3 is 19.5 Å². The highest BCUT2D eigenvalue weighted by Gasteiger charge is 2.25. The monoisotopic (exact) mass is 412 g/mol. The average Bonchev–Trinajstić information content (AvgIpc) is 2.66. The van der Waals surface area contributed by atoms with Gasteiger partial charge in [0.2, 0.25) is 0 Å². The maximum absolute atomic E-state index is 12.6. The summed E-state index contributed by atoms with van der Waals surface area (Å²) in [4.78, 5) is 28.6. The summed E-state index contributed by atoms with van der Waals surface area (Å²) >= 11 is 12.0. The number of hydrogen-bond donors (Lipinski definition) is 1. The number of anilines is 1. The Labute approximate surface area is 166 Å². The number of aromatic nitrogens is 1. The largest absolute Gasteiger partial charge is 0.495 e. The van der Waals surface area contributed by atoms with Crippen molar-refractivity contribution in [1.29, 1.82) is 0 Å². The molecule has 9 heteroatoms. The SMILES string of the molecule is CCC(OC(=O)c1cccnc1Cl)C(=O)Nc1cc(Cl)c(OC)cc1OC. The third kappa shape index (κ3) is 5.02. The molecule has 0 saturated heterocycles. The second-order valence-corrected chi connectivity index (χ2v) is 6.09. The quantitative estimate of drug-likeness (QED) is 0.546. The van der Waals surface area contributed by atoms with Crippen LogP contribution in [0.5, 0.6) is 11.5 Å². The van der Waals surface area contributed by atoms with Gasteiger partial charge in [0.25, 0.3) is 5.91 Å². The van der Waals surface area contributed by atoms with Crippen molar-refractivity contribution in [2.45, 2.75) is 19.4 Å². The maximum atomic E-state index is 12.6. The van der Waals surface area contributed by atoms with Gasteiger partial charge >= 0.3 is 5.97 Å². The van der Waals surface area contributed by atoms with Crippen molar-refractivity contribution in [3.8, 4) is 11.5 Å². The van der Waals surface area contributed by atoms with E-state index in [4.69, 9.17) is 37.4 Å². The van der Waals surface area contributed by atoms with E-state index in [-0.39, 0.29) is 17.1 Å². The molecule has 7 nitrogen and oxygen atoms in total. The number of esters is 1. The van der Waals surface area contributed by atoms with Gasteiger partial charge in [-0.2, -0.15) is 0 Å². The van der Waals surface area contributed by atoms with E-state index in [1.165, 1.54) is 32.5 Å². The van der Waals surface area contributed by atoms with Crippen LogP contribution in [0.4, 0.5) is 5.69 Å². The Morgan fingerprint density at radius 3 is 2.48 bits per heavy atom. The molecule has 2 aromatic rings. The molecular weight excluding hydrogens is 395 g/mol. The van der Waals surface area contributed by atoms with E-state index in [9.17, 15) is 9.59 Å². The number of carbonyl (C=O) groups excluding carboxylic acids is 2. The number of nitrogens with one attached hydrogen (secondary N) is 1. The van der Waals surface area contributed by atoms with E-state index < -0.39 is 18.0 Å². The van der Waals surface area contributed by atoms with E-state index in [1.54, 1.807) is 19.1 Å². The molecule has 2 rings (SSSR count). The molecule has 0 aliphatic carbocycles. The molecule has 1 unspecified atom stereocenters. The zero-order valence-corrected chi connectivity index (χ0v) is 16.4. The van der Waals surface area contributed by atoms with E-state index in [0.29, 0.717) is 22.2 Å². The van der Waals surface area contributed by atoms with Crippen molar-refractivity contribution < 1.29 is 23.8 Å². The molecule has 0 bridgehead atoms. The molecule has 0 aliphatic heterocycles. The van der Waals surface area contributed by atoms with Crippen LogP contribution in [-0.4, -0.2) is 37.2 Å². The molecule has 0 saturated carbocycles. The minimum atomic E-state index is -1.04. The van der Waals surface area contributed by atoms with Crippen LogP contribution in [0, 0.1) is 0 Å². The first-order valence-electron chi connectivity index (χ1n) is 7.95. The Morgan fingerprint density at radius 1 is 1.19 bits per heavy atom. The Balaban J connectivity index is 2.17. The molecule has 0 radical (unpaired) electrons.